The first-order valence-corrected chi connectivity index (χ1v) is 4.63. The van der Waals surface area contributed by atoms with Gasteiger partial charge in [0.05, 0.1) is 6.42 Å². The van der Waals surface area contributed by atoms with Gasteiger partial charge >= 0.3 is 5.97 Å². The molecule has 2 N–H and O–H groups in total. The molecule has 76 valence electrons. The lowest BCUT2D eigenvalue weighted by Crippen LogP contribution is -2.10. The Labute approximate surface area is 83.9 Å². The third-order valence-corrected chi connectivity index (χ3v) is 1.87. The van der Waals surface area contributed by atoms with Gasteiger partial charge in [0.1, 0.15) is 6.61 Å². The Morgan fingerprint density at radius 1 is 1.36 bits per heavy atom. The number of hydrogen-bond acceptors (Lipinski definition) is 3. The fourth-order valence-electron chi connectivity index (χ4n) is 1.04. The van der Waals surface area contributed by atoms with E-state index in [9.17, 15) is 4.79 Å². The number of benzene rings is 1. The van der Waals surface area contributed by atoms with Gasteiger partial charge in [-0.25, -0.2) is 0 Å². The van der Waals surface area contributed by atoms with Crippen molar-refractivity contribution >= 4 is 5.97 Å². The molecule has 0 radical (unpaired) electrons. The van der Waals surface area contributed by atoms with Gasteiger partial charge in [0.25, 0.3) is 0 Å². The minimum atomic E-state index is -0.243. The van der Waals surface area contributed by atoms with Crippen molar-refractivity contribution in [2.75, 3.05) is 6.54 Å². The number of rotatable bonds is 4. The molecule has 0 aliphatic carbocycles. The fraction of sp³-hybridized carbons (Fsp3) is 0.364. The molecule has 3 heteroatoms. The standard InChI is InChI=1S/C11H15NO2/c1-9-2-4-10(5-3-9)8-14-11(13)6-7-12/h2-5H,6-8,12H2,1H3. The summed E-state index contributed by atoms with van der Waals surface area (Å²) in [5, 5.41) is 0. The van der Waals surface area contributed by atoms with Crippen molar-refractivity contribution in [1.82, 2.24) is 0 Å². The molecular formula is C11H15NO2. The third-order valence-electron chi connectivity index (χ3n) is 1.87. The van der Waals surface area contributed by atoms with Crippen molar-refractivity contribution in [2.24, 2.45) is 5.73 Å². The maximum atomic E-state index is 11.0. The molecule has 0 aromatic heterocycles. The maximum Gasteiger partial charge on any atom is 0.307 e. The molecule has 1 rings (SSSR count). The summed E-state index contributed by atoms with van der Waals surface area (Å²) in [6.07, 6.45) is 0.284. The van der Waals surface area contributed by atoms with Crippen LogP contribution in [0, 0.1) is 6.92 Å². The molecule has 3 nitrogen and oxygen atoms in total. The second-order valence-electron chi connectivity index (χ2n) is 3.18. The average molecular weight is 193 g/mol. The number of esters is 1. The summed E-state index contributed by atoms with van der Waals surface area (Å²) in [7, 11) is 0. The average Bonchev–Trinajstić information content (AvgIpc) is 2.17. The zero-order valence-electron chi connectivity index (χ0n) is 8.32. The summed E-state index contributed by atoms with van der Waals surface area (Å²) in [5.41, 5.74) is 7.41. The molecule has 0 aliphatic rings. The second-order valence-corrected chi connectivity index (χ2v) is 3.18. The molecule has 0 atom stereocenters. The molecule has 0 aliphatic heterocycles. The van der Waals surface area contributed by atoms with E-state index < -0.39 is 0 Å². The van der Waals surface area contributed by atoms with E-state index in [1.807, 2.05) is 31.2 Å². The molecule has 0 spiro atoms. The zero-order chi connectivity index (χ0) is 10.4. The molecular weight excluding hydrogens is 178 g/mol. The normalized spacial score (nSPS) is 9.86. The molecule has 0 saturated carbocycles. The number of hydrogen-bond donors (Lipinski definition) is 1. The summed E-state index contributed by atoms with van der Waals surface area (Å²) in [4.78, 5) is 11.0. The van der Waals surface area contributed by atoms with E-state index in [0.717, 1.165) is 5.56 Å². The zero-order valence-corrected chi connectivity index (χ0v) is 8.32. The van der Waals surface area contributed by atoms with Gasteiger partial charge in [-0.05, 0) is 12.5 Å². The Morgan fingerprint density at radius 2 is 2.00 bits per heavy atom. The Hall–Kier alpha value is -1.35. The lowest BCUT2D eigenvalue weighted by Gasteiger charge is -2.03. The summed E-state index contributed by atoms with van der Waals surface area (Å²) < 4.78 is 4.99. The molecule has 0 unspecified atom stereocenters. The number of nitrogens with two attached hydrogens (primary N) is 1. The van der Waals surface area contributed by atoms with E-state index in [4.69, 9.17) is 10.5 Å². The Kier molecular flexibility index (Phi) is 4.13. The van der Waals surface area contributed by atoms with Crippen molar-refractivity contribution in [2.45, 2.75) is 20.0 Å². The molecule has 0 amide bonds. The molecule has 1 aromatic rings. The van der Waals surface area contributed by atoms with Crippen LogP contribution in [-0.4, -0.2) is 12.5 Å². The van der Waals surface area contributed by atoms with Crippen LogP contribution in [0.2, 0.25) is 0 Å². The number of aryl methyl sites for hydroxylation is 1. The lowest BCUT2D eigenvalue weighted by atomic mass is 10.2. The van der Waals surface area contributed by atoms with Gasteiger partial charge in [0.2, 0.25) is 0 Å². The molecule has 1 aromatic carbocycles. The molecule has 0 fully saturated rings. The van der Waals surface area contributed by atoms with Crippen molar-refractivity contribution in [3.05, 3.63) is 35.4 Å². The monoisotopic (exact) mass is 193 g/mol. The van der Waals surface area contributed by atoms with E-state index in [2.05, 4.69) is 0 Å². The van der Waals surface area contributed by atoms with Crippen LogP contribution in [-0.2, 0) is 16.1 Å². The highest BCUT2D eigenvalue weighted by Gasteiger charge is 2.00. The smallest absolute Gasteiger partial charge is 0.307 e. The summed E-state index contributed by atoms with van der Waals surface area (Å²) >= 11 is 0. The van der Waals surface area contributed by atoms with Crippen LogP contribution < -0.4 is 5.73 Å². The topological polar surface area (TPSA) is 52.3 Å². The molecule has 0 saturated heterocycles. The number of carbonyl (C=O) groups is 1. The van der Waals surface area contributed by atoms with Crippen molar-refractivity contribution in [1.29, 1.82) is 0 Å². The number of ether oxygens (including phenoxy) is 1. The first kappa shape index (κ1) is 10.7. The highest BCUT2D eigenvalue weighted by Crippen LogP contribution is 2.04. The van der Waals surface area contributed by atoms with Crippen LogP contribution in [0.25, 0.3) is 0 Å². The van der Waals surface area contributed by atoms with Crippen LogP contribution in [0.3, 0.4) is 0 Å². The van der Waals surface area contributed by atoms with Gasteiger partial charge in [-0.1, -0.05) is 29.8 Å². The van der Waals surface area contributed by atoms with Gasteiger partial charge in [-0.2, -0.15) is 0 Å². The highest BCUT2D eigenvalue weighted by atomic mass is 16.5. The Bertz CT molecular complexity index is 293. The van der Waals surface area contributed by atoms with Crippen LogP contribution >= 0.6 is 0 Å². The minimum absolute atomic E-state index is 0.243. The first-order chi connectivity index (χ1) is 6.72. The SMILES string of the molecule is Cc1ccc(COC(=O)CCN)cc1. The van der Waals surface area contributed by atoms with Gasteiger partial charge in [-0.3, -0.25) is 4.79 Å². The number of carbonyl (C=O) groups excluding carboxylic acids is 1. The van der Waals surface area contributed by atoms with E-state index in [-0.39, 0.29) is 12.4 Å². The van der Waals surface area contributed by atoms with Crippen molar-refractivity contribution in [3.63, 3.8) is 0 Å². The largest absolute Gasteiger partial charge is 0.461 e. The van der Waals surface area contributed by atoms with Crippen LogP contribution in [0.5, 0.6) is 0 Å². The summed E-state index contributed by atoms with van der Waals surface area (Å²) in [6, 6.07) is 7.88. The van der Waals surface area contributed by atoms with Crippen LogP contribution in [0.15, 0.2) is 24.3 Å². The molecule has 14 heavy (non-hydrogen) atoms. The van der Waals surface area contributed by atoms with Gasteiger partial charge < -0.3 is 10.5 Å². The third kappa shape index (κ3) is 3.58. The van der Waals surface area contributed by atoms with E-state index >= 15 is 0 Å². The summed E-state index contributed by atoms with van der Waals surface area (Å²) in [6.45, 7) is 2.69. The van der Waals surface area contributed by atoms with E-state index in [1.165, 1.54) is 5.56 Å². The predicted octanol–water partition coefficient (Wildman–Crippen LogP) is 1.39. The van der Waals surface area contributed by atoms with Gasteiger partial charge in [0, 0.05) is 6.54 Å². The van der Waals surface area contributed by atoms with Crippen molar-refractivity contribution in [3.8, 4) is 0 Å². The quantitative estimate of drug-likeness (QED) is 0.735. The van der Waals surface area contributed by atoms with Crippen LogP contribution in [0.4, 0.5) is 0 Å². The lowest BCUT2D eigenvalue weighted by molar-refractivity contribution is -0.144. The van der Waals surface area contributed by atoms with Crippen molar-refractivity contribution < 1.29 is 9.53 Å². The maximum absolute atomic E-state index is 11.0. The van der Waals surface area contributed by atoms with E-state index in [1.54, 1.807) is 0 Å². The summed E-state index contributed by atoms with van der Waals surface area (Å²) in [5.74, 6) is -0.243. The van der Waals surface area contributed by atoms with Crippen LogP contribution in [0.1, 0.15) is 17.5 Å². The Balaban J connectivity index is 2.38. The minimum Gasteiger partial charge on any atom is -0.461 e. The first-order valence-electron chi connectivity index (χ1n) is 4.63. The van der Waals surface area contributed by atoms with E-state index in [0.29, 0.717) is 13.2 Å². The predicted molar refractivity (Wildman–Crippen MR) is 54.6 cm³/mol. The molecule has 0 heterocycles. The van der Waals surface area contributed by atoms with Gasteiger partial charge in [-0.15, -0.1) is 0 Å². The fourth-order valence-corrected chi connectivity index (χ4v) is 1.04. The molecule has 0 bridgehead atoms. The van der Waals surface area contributed by atoms with Gasteiger partial charge in [0.15, 0.2) is 0 Å². The Morgan fingerprint density at radius 3 is 2.57 bits per heavy atom. The highest BCUT2D eigenvalue weighted by molar-refractivity contribution is 5.69. The second kappa shape index (κ2) is 5.40.